The van der Waals surface area contributed by atoms with Crippen molar-refractivity contribution in [2.45, 2.75) is 39.3 Å². The van der Waals surface area contributed by atoms with E-state index in [4.69, 9.17) is 0 Å². The molecule has 1 aliphatic rings. The van der Waals surface area contributed by atoms with Crippen LogP contribution in [0.1, 0.15) is 25.8 Å². The quantitative estimate of drug-likeness (QED) is 0.855. The first-order valence-corrected chi connectivity index (χ1v) is 7.14. The van der Waals surface area contributed by atoms with Crippen LogP contribution in [0.15, 0.2) is 22.7 Å². The van der Waals surface area contributed by atoms with Crippen LogP contribution in [0, 0.1) is 6.92 Å². The van der Waals surface area contributed by atoms with Gasteiger partial charge >= 0.3 is 0 Å². The Morgan fingerprint density at radius 2 is 2.06 bits per heavy atom. The van der Waals surface area contributed by atoms with E-state index in [1.165, 1.54) is 17.7 Å². The summed E-state index contributed by atoms with van der Waals surface area (Å²) in [6.07, 6.45) is 1.21. The third-order valence-corrected chi connectivity index (χ3v) is 4.06. The van der Waals surface area contributed by atoms with Crippen LogP contribution in [0.4, 0.5) is 5.69 Å². The molecular weight excluding hydrogens is 276 g/mol. The van der Waals surface area contributed by atoms with E-state index in [0.29, 0.717) is 12.1 Å². The Hall–Kier alpha value is -0.540. The topological polar surface area (TPSA) is 15.3 Å². The van der Waals surface area contributed by atoms with E-state index < -0.39 is 0 Å². The molecule has 0 bridgehead atoms. The van der Waals surface area contributed by atoms with Crippen LogP contribution in [0.2, 0.25) is 0 Å². The van der Waals surface area contributed by atoms with Gasteiger partial charge in [-0.3, -0.25) is 0 Å². The Morgan fingerprint density at radius 1 is 1.29 bits per heavy atom. The number of hydrogen-bond donors (Lipinski definition) is 1. The summed E-state index contributed by atoms with van der Waals surface area (Å²) in [6, 6.07) is 7.72. The number of anilines is 1. The highest BCUT2D eigenvalue weighted by Gasteiger charge is 2.24. The lowest BCUT2D eigenvalue weighted by Gasteiger charge is -2.35. The Balaban J connectivity index is 2.34. The molecule has 0 saturated carbocycles. The van der Waals surface area contributed by atoms with Crippen molar-refractivity contribution in [3.05, 3.63) is 28.2 Å². The summed E-state index contributed by atoms with van der Waals surface area (Å²) in [7, 11) is 0. The molecule has 2 nitrogen and oxygen atoms in total. The van der Waals surface area contributed by atoms with Crippen LogP contribution < -0.4 is 10.2 Å². The fourth-order valence-corrected chi connectivity index (χ4v) is 3.15. The lowest BCUT2D eigenvalue weighted by Crippen LogP contribution is -2.42. The van der Waals surface area contributed by atoms with Crippen molar-refractivity contribution in [3.8, 4) is 0 Å². The van der Waals surface area contributed by atoms with Crippen LogP contribution in [-0.2, 0) is 0 Å². The fraction of sp³-hybridized carbons (Fsp3) is 0.571. The molecule has 1 saturated heterocycles. The Kier molecular flexibility index (Phi) is 4.10. The first-order valence-electron chi connectivity index (χ1n) is 6.35. The van der Waals surface area contributed by atoms with Crippen molar-refractivity contribution in [1.29, 1.82) is 0 Å². The molecule has 2 rings (SSSR count). The summed E-state index contributed by atoms with van der Waals surface area (Å²) in [6.45, 7) is 9.01. The molecule has 0 aromatic heterocycles. The number of halogens is 1. The van der Waals surface area contributed by atoms with E-state index in [9.17, 15) is 0 Å². The van der Waals surface area contributed by atoms with E-state index in [-0.39, 0.29) is 0 Å². The SMILES string of the molecule is Cc1cc(Br)ccc1N1C(C)CCNCC1C. The van der Waals surface area contributed by atoms with Crippen molar-refractivity contribution >= 4 is 21.6 Å². The molecule has 1 heterocycles. The molecule has 2 unspecified atom stereocenters. The fourth-order valence-electron chi connectivity index (χ4n) is 2.68. The van der Waals surface area contributed by atoms with Crippen molar-refractivity contribution in [1.82, 2.24) is 5.32 Å². The second-order valence-electron chi connectivity index (χ2n) is 5.03. The minimum atomic E-state index is 0.548. The zero-order valence-electron chi connectivity index (χ0n) is 10.8. The summed E-state index contributed by atoms with van der Waals surface area (Å²) in [4.78, 5) is 2.56. The van der Waals surface area contributed by atoms with Crippen molar-refractivity contribution < 1.29 is 0 Å². The number of hydrogen-bond acceptors (Lipinski definition) is 2. The molecule has 3 heteroatoms. The maximum absolute atomic E-state index is 3.54. The Labute approximate surface area is 113 Å². The van der Waals surface area contributed by atoms with Gasteiger partial charge < -0.3 is 10.2 Å². The van der Waals surface area contributed by atoms with Crippen LogP contribution >= 0.6 is 15.9 Å². The van der Waals surface area contributed by atoms with Gasteiger partial charge in [-0.2, -0.15) is 0 Å². The molecule has 0 amide bonds. The number of benzene rings is 1. The van der Waals surface area contributed by atoms with Crippen LogP contribution in [0.25, 0.3) is 0 Å². The molecule has 1 fully saturated rings. The lowest BCUT2D eigenvalue weighted by molar-refractivity contribution is 0.574. The van der Waals surface area contributed by atoms with Crippen LogP contribution in [-0.4, -0.2) is 25.2 Å². The number of aryl methyl sites for hydroxylation is 1. The highest BCUT2D eigenvalue weighted by atomic mass is 79.9. The van der Waals surface area contributed by atoms with Crippen LogP contribution in [0.5, 0.6) is 0 Å². The maximum Gasteiger partial charge on any atom is 0.0401 e. The second-order valence-corrected chi connectivity index (χ2v) is 5.94. The van der Waals surface area contributed by atoms with E-state index in [1.807, 2.05) is 0 Å². The summed E-state index contributed by atoms with van der Waals surface area (Å²) < 4.78 is 1.16. The summed E-state index contributed by atoms with van der Waals surface area (Å²) in [5, 5.41) is 3.51. The molecule has 0 spiro atoms. The molecular formula is C14H21BrN2. The molecule has 0 radical (unpaired) electrons. The van der Waals surface area contributed by atoms with Gasteiger partial charge in [0.1, 0.15) is 0 Å². The smallest absolute Gasteiger partial charge is 0.0401 e. The van der Waals surface area contributed by atoms with E-state index in [1.54, 1.807) is 0 Å². The predicted molar refractivity (Wildman–Crippen MR) is 77.8 cm³/mol. The predicted octanol–water partition coefficient (Wildman–Crippen LogP) is 3.33. The van der Waals surface area contributed by atoms with Gasteiger partial charge in [0.25, 0.3) is 0 Å². The molecule has 1 aromatic carbocycles. The molecule has 0 aliphatic carbocycles. The van der Waals surface area contributed by atoms with Crippen LogP contribution in [0.3, 0.4) is 0 Å². The van der Waals surface area contributed by atoms with Gasteiger partial charge in [0.05, 0.1) is 0 Å². The molecule has 1 N–H and O–H groups in total. The third-order valence-electron chi connectivity index (χ3n) is 3.57. The second kappa shape index (κ2) is 5.40. The first kappa shape index (κ1) is 12.9. The summed E-state index contributed by atoms with van der Waals surface area (Å²) in [5.41, 5.74) is 2.72. The van der Waals surface area contributed by atoms with Gasteiger partial charge in [0.2, 0.25) is 0 Å². The molecule has 1 aromatic rings. The highest BCUT2D eigenvalue weighted by molar-refractivity contribution is 9.10. The van der Waals surface area contributed by atoms with E-state index >= 15 is 0 Å². The summed E-state index contributed by atoms with van der Waals surface area (Å²) in [5.74, 6) is 0. The molecule has 2 atom stereocenters. The zero-order chi connectivity index (χ0) is 12.4. The van der Waals surface area contributed by atoms with Gasteiger partial charge in [0, 0.05) is 28.8 Å². The van der Waals surface area contributed by atoms with Gasteiger partial charge in [-0.05, 0) is 57.5 Å². The first-order chi connectivity index (χ1) is 8.09. The third kappa shape index (κ3) is 2.83. The molecule has 1 aliphatic heterocycles. The number of nitrogens with one attached hydrogen (secondary N) is 1. The monoisotopic (exact) mass is 296 g/mol. The number of nitrogens with zero attached hydrogens (tertiary/aromatic N) is 1. The largest absolute Gasteiger partial charge is 0.365 e. The van der Waals surface area contributed by atoms with E-state index in [0.717, 1.165) is 17.6 Å². The summed E-state index contributed by atoms with van der Waals surface area (Å²) >= 11 is 3.54. The average molecular weight is 297 g/mol. The number of rotatable bonds is 1. The Morgan fingerprint density at radius 3 is 2.76 bits per heavy atom. The van der Waals surface area contributed by atoms with Crippen molar-refractivity contribution in [2.24, 2.45) is 0 Å². The van der Waals surface area contributed by atoms with Crippen molar-refractivity contribution in [2.75, 3.05) is 18.0 Å². The lowest BCUT2D eigenvalue weighted by atomic mass is 10.1. The van der Waals surface area contributed by atoms with Crippen molar-refractivity contribution in [3.63, 3.8) is 0 Å². The van der Waals surface area contributed by atoms with Gasteiger partial charge in [0.15, 0.2) is 0 Å². The van der Waals surface area contributed by atoms with Gasteiger partial charge in [-0.1, -0.05) is 15.9 Å². The highest BCUT2D eigenvalue weighted by Crippen LogP contribution is 2.28. The van der Waals surface area contributed by atoms with E-state index in [2.05, 4.69) is 65.1 Å². The minimum absolute atomic E-state index is 0.548. The standard InChI is InChI=1S/C14H21BrN2/c1-10-8-13(15)4-5-14(10)17-11(2)6-7-16-9-12(17)3/h4-5,8,11-12,16H,6-7,9H2,1-3H3. The Bertz CT molecular complexity index is 380. The molecule has 17 heavy (non-hydrogen) atoms. The molecule has 94 valence electrons. The minimum Gasteiger partial charge on any atom is -0.365 e. The maximum atomic E-state index is 3.54. The van der Waals surface area contributed by atoms with Gasteiger partial charge in [-0.25, -0.2) is 0 Å². The normalized spacial score (nSPS) is 25.8. The average Bonchev–Trinajstić information content (AvgIpc) is 2.42. The zero-order valence-corrected chi connectivity index (χ0v) is 12.4. The van der Waals surface area contributed by atoms with Gasteiger partial charge in [-0.15, -0.1) is 0 Å².